The minimum atomic E-state index is -0.520. The van der Waals surface area contributed by atoms with E-state index in [0.29, 0.717) is 5.56 Å². The molecule has 0 radical (unpaired) electrons. The zero-order chi connectivity index (χ0) is 9.42. The van der Waals surface area contributed by atoms with Crippen molar-refractivity contribution >= 4 is 10.9 Å². The van der Waals surface area contributed by atoms with Gasteiger partial charge in [0.25, 0.3) is 5.56 Å². The largest absolute Gasteiger partial charge is 0.275 e. The van der Waals surface area contributed by atoms with E-state index in [2.05, 4.69) is 15.4 Å². The van der Waals surface area contributed by atoms with Crippen LogP contribution >= 0.6 is 0 Å². The third kappa shape index (κ3) is 1.18. The summed E-state index contributed by atoms with van der Waals surface area (Å²) in [4.78, 5) is 11.2. The van der Waals surface area contributed by atoms with Crippen LogP contribution in [0.4, 0.5) is 4.39 Å². The fraction of sp³-hybridized carbons (Fsp3) is 0.125. The summed E-state index contributed by atoms with van der Waals surface area (Å²) < 4.78 is 13.2. The van der Waals surface area contributed by atoms with Gasteiger partial charge in [0.05, 0.1) is 5.39 Å². The quantitative estimate of drug-likeness (QED) is 0.649. The van der Waals surface area contributed by atoms with Crippen LogP contribution in [0.3, 0.4) is 0 Å². The van der Waals surface area contributed by atoms with Gasteiger partial charge in [0.1, 0.15) is 5.52 Å². The Morgan fingerprint density at radius 3 is 3.00 bits per heavy atom. The van der Waals surface area contributed by atoms with Crippen LogP contribution in [-0.4, -0.2) is 15.4 Å². The highest BCUT2D eigenvalue weighted by molar-refractivity contribution is 5.78. The van der Waals surface area contributed by atoms with E-state index in [9.17, 15) is 9.18 Å². The maximum Gasteiger partial charge on any atom is 0.275 e. The van der Waals surface area contributed by atoms with Gasteiger partial charge in [-0.15, -0.1) is 5.10 Å². The molecular formula is C8H6FN3O. The summed E-state index contributed by atoms with van der Waals surface area (Å²) in [7, 11) is 0. The van der Waals surface area contributed by atoms with Crippen molar-refractivity contribution in [3.63, 3.8) is 0 Å². The van der Waals surface area contributed by atoms with Gasteiger partial charge in [0, 0.05) is 0 Å². The van der Waals surface area contributed by atoms with Gasteiger partial charge in [-0.05, 0) is 24.6 Å². The third-order valence-corrected chi connectivity index (χ3v) is 1.75. The number of fused-ring (bicyclic) bond motifs is 1. The Labute approximate surface area is 72.4 Å². The van der Waals surface area contributed by atoms with Crippen LogP contribution in [0.15, 0.2) is 16.9 Å². The first-order valence-corrected chi connectivity index (χ1v) is 3.70. The summed E-state index contributed by atoms with van der Waals surface area (Å²) in [5.74, 6) is -0.520. The molecule has 2 rings (SSSR count). The van der Waals surface area contributed by atoms with Crippen LogP contribution < -0.4 is 5.56 Å². The number of halogens is 1. The van der Waals surface area contributed by atoms with E-state index >= 15 is 0 Å². The second-order valence-corrected chi connectivity index (χ2v) is 2.78. The van der Waals surface area contributed by atoms with Gasteiger partial charge in [-0.25, -0.2) is 9.49 Å². The molecular weight excluding hydrogens is 173 g/mol. The molecule has 0 atom stereocenters. The fourth-order valence-corrected chi connectivity index (χ4v) is 1.19. The first-order valence-electron chi connectivity index (χ1n) is 3.70. The van der Waals surface area contributed by atoms with Crippen molar-refractivity contribution in [3.05, 3.63) is 33.9 Å². The van der Waals surface area contributed by atoms with Gasteiger partial charge in [-0.1, -0.05) is 5.21 Å². The Kier molecular flexibility index (Phi) is 1.58. The number of aryl methyl sites for hydroxylation is 1. The van der Waals surface area contributed by atoms with E-state index in [1.54, 1.807) is 13.0 Å². The van der Waals surface area contributed by atoms with Crippen LogP contribution in [0.25, 0.3) is 10.9 Å². The normalized spacial score (nSPS) is 10.6. The van der Waals surface area contributed by atoms with Crippen LogP contribution in [0.2, 0.25) is 0 Å². The Morgan fingerprint density at radius 2 is 2.23 bits per heavy atom. The monoisotopic (exact) mass is 179 g/mol. The molecule has 0 aliphatic carbocycles. The lowest BCUT2D eigenvalue weighted by Gasteiger charge is -1.97. The highest BCUT2D eigenvalue weighted by Crippen LogP contribution is 2.12. The van der Waals surface area contributed by atoms with Crippen LogP contribution in [0.5, 0.6) is 0 Å². The number of nitrogens with one attached hydrogen (secondary N) is 1. The van der Waals surface area contributed by atoms with Crippen LogP contribution in [0, 0.1) is 12.7 Å². The minimum Gasteiger partial charge on any atom is -0.267 e. The lowest BCUT2D eigenvalue weighted by atomic mass is 10.2. The molecule has 4 nitrogen and oxygen atoms in total. The van der Waals surface area contributed by atoms with Crippen molar-refractivity contribution in [3.8, 4) is 0 Å². The van der Waals surface area contributed by atoms with Crippen LogP contribution in [0.1, 0.15) is 5.56 Å². The molecule has 0 unspecified atom stereocenters. The summed E-state index contributed by atoms with van der Waals surface area (Å²) in [6.07, 6.45) is 0. The Morgan fingerprint density at radius 1 is 1.46 bits per heavy atom. The molecule has 1 aromatic carbocycles. The van der Waals surface area contributed by atoms with E-state index < -0.39 is 11.4 Å². The molecule has 1 heterocycles. The van der Waals surface area contributed by atoms with Gasteiger partial charge in [-0.3, -0.25) is 4.79 Å². The Hall–Kier alpha value is -1.78. The molecule has 0 aliphatic heterocycles. The molecule has 0 amide bonds. The molecule has 5 heteroatoms. The number of hydrogen-bond acceptors (Lipinski definition) is 3. The van der Waals surface area contributed by atoms with Gasteiger partial charge in [-0.2, -0.15) is 0 Å². The maximum absolute atomic E-state index is 13.2. The highest BCUT2D eigenvalue weighted by Gasteiger charge is 2.06. The molecule has 0 saturated carbocycles. The van der Waals surface area contributed by atoms with Gasteiger partial charge in [0.2, 0.25) is 0 Å². The lowest BCUT2D eigenvalue weighted by Crippen LogP contribution is -2.10. The lowest BCUT2D eigenvalue weighted by molar-refractivity contribution is 0.631. The van der Waals surface area contributed by atoms with Crippen molar-refractivity contribution < 1.29 is 4.39 Å². The van der Waals surface area contributed by atoms with Crippen molar-refractivity contribution in [2.75, 3.05) is 0 Å². The van der Waals surface area contributed by atoms with E-state index in [-0.39, 0.29) is 10.9 Å². The molecule has 2 aromatic rings. The smallest absolute Gasteiger partial charge is 0.267 e. The third-order valence-electron chi connectivity index (χ3n) is 1.75. The summed E-state index contributed by atoms with van der Waals surface area (Å²) in [5.41, 5.74) is 0.269. The first kappa shape index (κ1) is 7.85. The molecule has 0 saturated heterocycles. The van der Waals surface area contributed by atoms with Crippen molar-refractivity contribution in [1.82, 2.24) is 15.4 Å². The summed E-state index contributed by atoms with van der Waals surface area (Å²) in [5, 5.41) is 9.15. The molecule has 0 bridgehead atoms. The van der Waals surface area contributed by atoms with Gasteiger partial charge < -0.3 is 0 Å². The number of nitrogens with zero attached hydrogens (tertiary/aromatic N) is 2. The molecule has 1 N–H and O–H groups in total. The van der Waals surface area contributed by atoms with E-state index in [4.69, 9.17) is 0 Å². The molecule has 0 spiro atoms. The van der Waals surface area contributed by atoms with Crippen molar-refractivity contribution in [2.24, 2.45) is 0 Å². The minimum absolute atomic E-state index is 0.00866. The molecule has 1 aromatic heterocycles. The SMILES string of the molecule is Cc1cc(F)c2nn[nH]c(=O)c2c1. The Bertz CT molecular complexity index is 520. The number of aromatic amines is 1. The average Bonchev–Trinajstić information content (AvgIpc) is 2.07. The zero-order valence-electron chi connectivity index (χ0n) is 6.84. The number of benzene rings is 1. The summed E-state index contributed by atoms with van der Waals surface area (Å²) >= 11 is 0. The highest BCUT2D eigenvalue weighted by atomic mass is 19.1. The predicted molar refractivity (Wildman–Crippen MR) is 44.9 cm³/mol. The molecule has 0 aliphatic rings. The molecule has 13 heavy (non-hydrogen) atoms. The topological polar surface area (TPSA) is 58.6 Å². The second kappa shape index (κ2) is 2.62. The number of hydrogen-bond donors (Lipinski definition) is 1. The fourth-order valence-electron chi connectivity index (χ4n) is 1.19. The summed E-state index contributed by atoms with van der Waals surface area (Å²) in [6, 6.07) is 2.89. The van der Waals surface area contributed by atoms with E-state index in [1.807, 2.05) is 0 Å². The first-order chi connectivity index (χ1) is 6.18. The maximum atomic E-state index is 13.2. The van der Waals surface area contributed by atoms with E-state index in [0.717, 1.165) is 0 Å². The molecule has 0 fully saturated rings. The number of aromatic nitrogens is 3. The van der Waals surface area contributed by atoms with Crippen molar-refractivity contribution in [1.29, 1.82) is 0 Å². The zero-order valence-corrected chi connectivity index (χ0v) is 6.84. The summed E-state index contributed by atoms with van der Waals surface area (Å²) in [6.45, 7) is 1.71. The number of rotatable bonds is 0. The average molecular weight is 179 g/mol. The number of H-pyrrole nitrogens is 1. The van der Waals surface area contributed by atoms with E-state index in [1.165, 1.54) is 6.07 Å². The molecule has 66 valence electrons. The van der Waals surface area contributed by atoms with Gasteiger partial charge in [0.15, 0.2) is 5.82 Å². The van der Waals surface area contributed by atoms with Crippen LogP contribution in [-0.2, 0) is 0 Å². The van der Waals surface area contributed by atoms with Gasteiger partial charge >= 0.3 is 0 Å². The second-order valence-electron chi connectivity index (χ2n) is 2.78. The van der Waals surface area contributed by atoms with Crippen molar-refractivity contribution in [2.45, 2.75) is 6.92 Å². The Balaban J connectivity index is 3.03. The standard InChI is InChI=1S/C8H6FN3O/c1-4-2-5-7(6(9)3-4)10-12-11-8(5)13/h2-3H,1H3,(H,10,11,13). The predicted octanol–water partition coefficient (Wildman–Crippen LogP) is 0.766.